The molecule has 0 bridgehead atoms. The number of hydrogen-bond donors (Lipinski definition) is 1. The molecule has 3 nitrogen and oxygen atoms in total. The summed E-state index contributed by atoms with van der Waals surface area (Å²) in [6.45, 7) is 1.95. The van der Waals surface area contributed by atoms with Crippen LogP contribution in [-0.4, -0.2) is 9.97 Å². The summed E-state index contributed by atoms with van der Waals surface area (Å²) in [5.41, 5.74) is 9.99. The molecule has 0 fully saturated rings. The molecule has 0 saturated heterocycles. The van der Waals surface area contributed by atoms with Gasteiger partial charge in [0.15, 0.2) is 5.82 Å². The van der Waals surface area contributed by atoms with E-state index in [0.717, 1.165) is 28.2 Å². The monoisotopic (exact) mass is 275 g/mol. The third-order valence-electron chi connectivity index (χ3n) is 3.39. The van der Waals surface area contributed by atoms with Crippen molar-refractivity contribution >= 4 is 0 Å². The Balaban J connectivity index is 2.16. The molecule has 0 aliphatic carbocycles. The first-order valence-corrected chi connectivity index (χ1v) is 6.99. The molecule has 1 heterocycles. The Kier molecular flexibility index (Phi) is 3.75. The number of rotatable bonds is 3. The highest BCUT2D eigenvalue weighted by Gasteiger charge is 2.13. The van der Waals surface area contributed by atoms with Gasteiger partial charge in [-0.1, -0.05) is 60.7 Å². The zero-order valence-corrected chi connectivity index (χ0v) is 11.9. The van der Waals surface area contributed by atoms with E-state index >= 15 is 0 Å². The van der Waals surface area contributed by atoms with Crippen molar-refractivity contribution in [1.29, 1.82) is 0 Å². The van der Waals surface area contributed by atoms with Gasteiger partial charge < -0.3 is 5.73 Å². The fraction of sp³-hybridized carbons (Fsp3) is 0.111. The highest BCUT2D eigenvalue weighted by Crippen LogP contribution is 2.27. The lowest BCUT2D eigenvalue weighted by atomic mass is 10.0. The molecule has 104 valence electrons. The van der Waals surface area contributed by atoms with E-state index in [4.69, 9.17) is 10.7 Å². The molecule has 1 aromatic heterocycles. The van der Waals surface area contributed by atoms with Crippen molar-refractivity contribution in [2.45, 2.75) is 13.0 Å². The van der Waals surface area contributed by atoms with E-state index in [2.05, 4.69) is 4.98 Å². The molecule has 21 heavy (non-hydrogen) atoms. The fourth-order valence-corrected chi connectivity index (χ4v) is 2.28. The zero-order chi connectivity index (χ0) is 14.7. The molecular formula is C18H17N3. The van der Waals surface area contributed by atoms with E-state index < -0.39 is 0 Å². The van der Waals surface area contributed by atoms with Gasteiger partial charge in [0, 0.05) is 28.9 Å². The summed E-state index contributed by atoms with van der Waals surface area (Å²) >= 11 is 0. The summed E-state index contributed by atoms with van der Waals surface area (Å²) in [7, 11) is 0. The third kappa shape index (κ3) is 2.83. The predicted octanol–water partition coefficient (Wildman–Crippen LogP) is 3.83. The van der Waals surface area contributed by atoms with E-state index in [0.29, 0.717) is 0 Å². The Labute approximate surface area is 124 Å². The standard InChI is InChI=1S/C18H17N3/c1-13(19)16-12-20-18(15-10-6-3-7-11-15)21-17(16)14-8-4-2-5-9-14/h2-13H,19H2,1H3. The van der Waals surface area contributed by atoms with Crippen molar-refractivity contribution in [3.8, 4) is 22.6 Å². The molecule has 0 aliphatic rings. The van der Waals surface area contributed by atoms with Crippen LogP contribution in [0.3, 0.4) is 0 Å². The maximum Gasteiger partial charge on any atom is 0.159 e. The highest BCUT2D eigenvalue weighted by atomic mass is 14.9. The van der Waals surface area contributed by atoms with Gasteiger partial charge in [0.1, 0.15) is 0 Å². The summed E-state index contributed by atoms with van der Waals surface area (Å²) < 4.78 is 0. The van der Waals surface area contributed by atoms with Crippen LogP contribution >= 0.6 is 0 Å². The van der Waals surface area contributed by atoms with Gasteiger partial charge in [-0.25, -0.2) is 9.97 Å². The molecule has 3 aromatic rings. The molecule has 0 saturated carbocycles. The second-order valence-corrected chi connectivity index (χ2v) is 5.02. The van der Waals surface area contributed by atoms with Crippen LogP contribution in [0, 0.1) is 0 Å². The van der Waals surface area contributed by atoms with Crippen LogP contribution in [0.1, 0.15) is 18.5 Å². The van der Waals surface area contributed by atoms with Crippen molar-refractivity contribution in [2.24, 2.45) is 5.73 Å². The first-order chi connectivity index (χ1) is 10.3. The topological polar surface area (TPSA) is 51.8 Å². The molecule has 3 heteroatoms. The van der Waals surface area contributed by atoms with E-state index in [-0.39, 0.29) is 6.04 Å². The van der Waals surface area contributed by atoms with Crippen LogP contribution in [0.25, 0.3) is 22.6 Å². The summed E-state index contributed by atoms with van der Waals surface area (Å²) in [4.78, 5) is 9.21. The highest BCUT2D eigenvalue weighted by molar-refractivity contribution is 5.66. The van der Waals surface area contributed by atoms with Crippen molar-refractivity contribution < 1.29 is 0 Å². The van der Waals surface area contributed by atoms with Crippen LogP contribution in [0.15, 0.2) is 66.9 Å². The summed E-state index contributed by atoms with van der Waals surface area (Å²) in [5, 5.41) is 0. The van der Waals surface area contributed by atoms with Crippen LogP contribution in [-0.2, 0) is 0 Å². The summed E-state index contributed by atoms with van der Waals surface area (Å²) in [5.74, 6) is 0.721. The van der Waals surface area contributed by atoms with Crippen molar-refractivity contribution in [3.63, 3.8) is 0 Å². The smallest absolute Gasteiger partial charge is 0.159 e. The number of nitrogens with two attached hydrogens (primary N) is 1. The van der Waals surface area contributed by atoms with Gasteiger partial charge in [-0.2, -0.15) is 0 Å². The lowest BCUT2D eigenvalue weighted by Gasteiger charge is -2.13. The molecule has 1 unspecified atom stereocenters. The minimum Gasteiger partial charge on any atom is -0.324 e. The molecule has 0 spiro atoms. The molecular weight excluding hydrogens is 258 g/mol. The SMILES string of the molecule is CC(N)c1cnc(-c2ccccc2)nc1-c1ccccc1. The van der Waals surface area contributed by atoms with Gasteiger partial charge in [0.2, 0.25) is 0 Å². The number of benzene rings is 2. The average molecular weight is 275 g/mol. The second-order valence-electron chi connectivity index (χ2n) is 5.02. The molecule has 0 radical (unpaired) electrons. The molecule has 2 N–H and O–H groups in total. The predicted molar refractivity (Wildman–Crippen MR) is 85.5 cm³/mol. The maximum atomic E-state index is 6.06. The van der Waals surface area contributed by atoms with Gasteiger partial charge in [0.05, 0.1) is 5.69 Å². The van der Waals surface area contributed by atoms with E-state index in [1.165, 1.54) is 0 Å². The number of hydrogen-bond acceptors (Lipinski definition) is 3. The molecule has 0 aliphatic heterocycles. The first-order valence-electron chi connectivity index (χ1n) is 6.99. The van der Waals surface area contributed by atoms with Crippen LogP contribution in [0.2, 0.25) is 0 Å². The van der Waals surface area contributed by atoms with Crippen molar-refractivity contribution in [2.75, 3.05) is 0 Å². The summed E-state index contributed by atoms with van der Waals surface area (Å²) in [6, 6.07) is 20.0. The largest absolute Gasteiger partial charge is 0.324 e. The molecule has 0 amide bonds. The van der Waals surface area contributed by atoms with Crippen molar-refractivity contribution in [3.05, 3.63) is 72.4 Å². The molecule has 1 atom stereocenters. The lowest BCUT2D eigenvalue weighted by molar-refractivity contribution is 0.806. The third-order valence-corrected chi connectivity index (χ3v) is 3.39. The second kappa shape index (κ2) is 5.85. The Morgan fingerprint density at radius 3 is 2.00 bits per heavy atom. The van der Waals surface area contributed by atoms with Gasteiger partial charge >= 0.3 is 0 Å². The normalized spacial score (nSPS) is 12.1. The zero-order valence-electron chi connectivity index (χ0n) is 11.9. The Hall–Kier alpha value is -2.52. The van der Waals surface area contributed by atoms with Crippen LogP contribution in [0.5, 0.6) is 0 Å². The fourth-order valence-electron chi connectivity index (χ4n) is 2.28. The Morgan fingerprint density at radius 1 is 0.857 bits per heavy atom. The van der Waals surface area contributed by atoms with Gasteiger partial charge in [-0.15, -0.1) is 0 Å². The number of aromatic nitrogens is 2. The van der Waals surface area contributed by atoms with E-state index in [9.17, 15) is 0 Å². The maximum absolute atomic E-state index is 6.06. The van der Waals surface area contributed by atoms with Gasteiger partial charge in [-0.3, -0.25) is 0 Å². The van der Waals surface area contributed by atoms with Crippen LogP contribution in [0.4, 0.5) is 0 Å². The Morgan fingerprint density at radius 2 is 1.43 bits per heavy atom. The molecule has 2 aromatic carbocycles. The first kappa shape index (κ1) is 13.5. The Bertz CT molecular complexity index is 722. The lowest BCUT2D eigenvalue weighted by Crippen LogP contribution is -2.09. The van der Waals surface area contributed by atoms with E-state index in [1.807, 2.05) is 73.8 Å². The quantitative estimate of drug-likeness (QED) is 0.790. The summed E-state index contributed by atoms with van der Waals surface area (Å²) in [6.07, 6.45) is 1.84. The van der Waals surface area contributed by atoms with E-state index in [1.54, 1.807) is 0 Å². The van der Waals surface area contributed by atoms with Crippen molar-refractivity contribution in [1.82, 2.24) is 9.97 Å². The van der Waals surface area contributed by atoms with Gasteiger partial charge in [0.25, 0.3) is 0 Å². The van der Waals surface area contributed by atoms with Crippen LogP contribution < -0.4 is 5.73 Å². The minimum atomic E-state index is -0.106. The minimum absolute atomic E-state index is 0.106. The average Bonchev–Trinajstić information content (AvgIpc) is 2.56. The number of nitrogens with zero attached hydrogens (tertiary/aromatic N) is 2. The van der Waals surface area contributed by atoms with Gasteiger partial charge in [-0.05, 0) is 6.92 Å². The molecule has 3 rings (SSSR count).